The van der Waals surface area contributed by atoms with Gasteiger partial charge in [-0.2, -0.15) is 0 Å². The molecule has 1 heteroatoms. The average molecular weight is 216 g/mol. The molecule has 0 amide bonds. The summed E-state index contributed by atoms with van der Waals surface area (Å²) >= 11 is 0. The van der Waals surface area contributed by atoms with Crippen LogP contribution in [0.25, 0.3) is 0 Å². The van der Waals surface area contributed by atoms with Crippen molar-refractivity contribution in [3.63, 3.8) is 0 Å². The van der Waals surface area contributed by atoms with Crippen molar-refractivity contribution in [1.29, 1.82) is 0 Å². The molecule has 1 aromatic rings. The maximum Gasteiger partial charge on any atom is 0.139 e. The van der Waals surface area contributed by atoms with E-state index in [1.54, 1.807) is 0 Å². The maximum absolute atomic E-state index is 12.2. The van der Waals surface area contributed by atoms with Gasteiger partial charge in [0.2, 0.25) is 0 Å². The van der Waals surface area contributed by atoms with Gasteiger partial charge in [-0.3, -0.25) is 4.79 Å². The van der Waals surface area contributed by atoms with Crippen LogP contribution in [0.3, 0.4) is 0 Å². The predicted molar refractivity (Wildman–Crippen MR) is 66.4 cm³/mol. The van der Waals surface area contributed by atoms with E-state index in [0.717, 1.165) is 19.3 Å². The molecule has 86 valence electrons. The largest absolute Gasteiger partial charge is 0.299 e. The Balaban J connectivity index is 1.99. The highest BCUT2D eigenvalue weighted by atomic mass is 16.1. The van der Waals surface area contributed by atoms with E-state index in [2.05, 4.69) is 38.1 Å². The zero-order chi connectivity index (χ0) is 11.5. The van der Waals surface area contributed by atoms with Crippen LogP contribution >= 0.6 is 0 Å². The van der Waals surface area contributed by atoms with Gasteiger partial charge >= 0.3 is 0 Å². The third-order valence-electron chi connectivity index (χ3n) is 3.77. The van der Waals surface area contributed by atoms with Gasteiger partial charge in [-0.15, -0.1) is 0 Å². The summed E-state index contributed by atoms with van der Waals surface area (Å²) in [6.45, 7) is 4.23. The molecule has 0 radical (unpaired) electrons. The molecule has 0 bridgehead atoms. The highest BCUT2D eigenvalue weighted by molar-refractivity contribution is 5.87. The molecular weight excluding hydrogens is 196 g/mol. The second-order valence-electron chi connectivity index (χ2n) is 4.78. The predicted octanol–water partition coefficient (Wildman–Crippen LogP) is 3.80. The van der Waals surface area contributed by atoms with Gasteiger partial charge in [-0.1, -0.05) is 44.2 Å². The van der Waals surface area contributed by atoms with Crippen molar-refractivity contribution in [3.8, 4) is 0 Å². The zero-order valence-electron chi connectivity index (χ0n) is 10.1. The fourth-order valence-electron chi connectivity index (χ4n) is 2.57. The third kappa shape index (κ3) is 2.18. The van der Waals surface area contributed by atoms with Gasteiger partial charge in [0.25, 0.3) is 0 Å². The van der Waals surface area contributed by atoms with E-state index in [0.29, 0.717) is 23.5 Å². The van der Waals surface area contributed by atoms with Crippen molar-refractivity contribution in [2.45, 2.75) is 39.0 Å². The fourth-order valence-corrected chi connectivity index (χ4v) is 2.57. The number of rotatable bonds is 5. The Morgan fingerprint density at radius 1 is 1.25 bits per heavy atom. The lowest BCUT2D eigenvalue weighted by Gasteiger charge is -2.10. The number of benzene rings is 1. The van der Waals surface area contributed by atoms with Gasteiger partial charge < -0.3 is 0 Å². The first kappa shape index (κ1) is 11.4. The number of ketones is 1. The van der Waals surface area contributed by atoms with Crippen LogP contribution in [0, 0.1) is 11.8 Å². The van der Waals surface area contributed by atoms with E-state index >= 15 is 0 Å². The lowest BCUT2D eigenvalue weighted by molar-refractivity contribution is -0.124. The highest BCUT2D eigenvalue weighted by Crippen LogP contribution is 2.49. The zero-order valence-corrected chi connectivity index (χ0v) is 10.1. The molecule has 0 N–H and O–H groups in total. The van der Waals surface area contributed by atoms with Crippen LogP contribution in [0.15, 0.2) is 30.3 Å². The number of hydrogen-bond acceptors (Lipinski definition) is 1. The molecule has 0 spiro atoms. The molecule has 1 aliphatic carbocycles. The lowest BCUT2D eigenvalue weighted by Crippen LogP contribution is -2.15. The van der Waals surface area contributed by atoms with Crippen LogP contribution < -0.4 is 0 Å². The summed E-state index contributed by atoms with van der Waals surface area (Å²) in [4.78, 5) is 12.2. The van der Waals surface area contributed by atoms with Crippen LogP contribution in [0.1, 0.15) is 44.6 Å². The molecule has 2 unspecified atom stereocenters. The van der Waals surface area contributed by atoms with Crippen molar-refractivity contribution >= 4 is 5.78 Å². The normalized spacial score (nSPS) is 23.4. The van der Waals surface area contributed by atoms with Gasteiger partial charge in [-0.25, -0.2) is 0 Å². The number of hydrogen-bond donors (Lipinski definition) is 0. The van der Waals surface area contributed by atoms with Gasteiger partial charge in [-0.05, 0) is 30.7 Å². The third-order valence-corrected chi connectivity index (χ3v) is 3.77. The smallest absolute Gasteiger partial charge is 0.139 e. The molecule has 16 heavy (non-hydrogen) atoms. The maximum atomic E-state index is 12.2. The van der Waals surface area contributed by atoms with Gasteiger partial charge in [0.05, 0.1) is 0 Å². The average Bonchev–Trinajstić information content (AvgIpc) is 3.11. The first-order valence-corrected chi connectivity index (χ1v) is 6.36. The Labute approximate surface area is 97.9 Å². The summed E-state index contributed by atoms with van der Waals surface area (Å²) in [6.07, 6.45) is 3.06. The second kappa shape index (κ2) is 4.82. The van der Waals surface area contributed by atoms with E-state index in [9.17, 15) is 4.79 Å². The van der Waals surface area contributed by atoms with E-state index in [1.165, 1.54) is 5.56 Å². The summed E-state index contributed by atoms with van der Waals surface area (Å²) in [5.41, 5.74) is 1.34. The summed E-state index contributed by atoms with van der Waals surface area (Å²) in [5.74, 6) is 1.61. The van der Waals surface area contributed by atoms with Crippen molar-refractivity contribution in [3.05, 3.63) is 35.9 Å². The number of carbonyl (C=O) groups excluding carboxylic acids is 1. The molecule has 0 aliphatic heterocycles. The van der Waals surface area contributed by atoms with Crippen LogP contribution in [0.5, 0.6) is 0 Å². The summed E-state index contributed by atoms with van der Waals surface area (Å²) < 4.78 is 0. The van der Waals surface area contributed by atoms with E-state index in [1.807, 2.05) is 6.07 Å². The van der Waals surface area contributed by atoms with E-state index in [-0.39, 0.29) is 0 Å². The molecule has 0 aromatic heterocycles. The molecule has 0 heterocycles. The topological polar surface area (TPSA) is 17.1 Å². The fraction of sp³-hybridized carbons (Fsp3) is 0.533. The second-order valence-corrected chi connectivity index (χ2v) is 4.78. The van der Waals surface area contributed by atoms with Crippen LogP contribution in [-0.2, 0) is 4.79 Å². The van der Waals surface area contributed by atoms with Crippen molar-refractivity contribution in [2.75, 3.05) is 0 Å². The molecular formula is C15H20O. The van der Waals surface area contributed by atoms with E-state index < -0.39 is 0 Å². The summed E-state index contributed by atoms with van der Waals surface area (Å²) in [5, 5.41) is 0. The first-order chi connectivity index (χ1) is 7.77. The van der Waals surface area contributed by atoms with Crippen LogP contribution in [0.4, 0.5) is 0 Å². The van der Waals surface area contributed by atoms with Crippen molar-refractivity contribution < 1.29 is 4.79 Å². The molecule has 2 atom stereocenters. The lowest BCUT2D eigenvalue weighted by atomic mass is 9.93. The Bertz CT molecular complexity index is 351. The van der Waals surface area contributed by atoms with Crippen molar-refractivity contribution in [2.24, 2.45) is 11.8 Å². The molecule has 2 rings (SSSR count). The molecule has 1 fully saturated rings. The SMILES string of the molecule is CCC(CC)C(=O)C1CC1c1ccccc1. The van der Waals surface area contributed by atoms with Gasteiger partial charge in [0.1, 0.15) is 5.78 Å². The summed E-state index contributed by atoms with van der Waals surface area (Å²) in [7, 11) is 0. The highest BCUT2D eigenvalue weighted by Gasteiger charge is 2.44. The molecule has 1 aliphatic rings. The van der Waals surface area contributed by atoms with Crippen LogP contribution in [-0.4, -0.2) is 5.78 Å². The Hall–Kier alpha value is -1.11. The minimum Gasteiger partial charge on any atom is -0.299 e. The quantitative estimate of drug-likeness (QED) is 0.731. The Morgan fingerprint density at radius 2 is 1.88 bits per heavy atom. The van der Waals surface area contributed by atoms with Gasteiger partial charge in [0, 0.05) is 11.8 Å². The molecule has 1 aromatic carbocycles. The van der Waals surface area contributed by atoms with Crippen molar-refractivity contribution in [1.82, 2.24) is 0 Å². The molecule has 1 saturated carbocycles. The van der Waals surface area contributed by atoms with E-state index in [4.69, 9.17) is 0 Å². The first-order valence-electron chi connectivity index (χ1n) is 6.36. The number of carbonyl (C=O) groups is 1. The minimum atomic E-state index is 0.290. The molecule has 1 nitrogen and oxygen atoms in total. The van der Waals surface area contributed by atoms with Gasteiger partial charge in [0.15, 0.2) is 0 Å². The monoisotopic (exact) mass is 216 g/mol. The van der Waals surface area contributed by atoms with Crippen LogP contribution in [0.2, 0.25) is 0 Å². The molecule has 0 saturated heterocycles. The number of Topliss-reactive ketones (excluding diaryl/α,β-unsaturated/α-hetero) is 1. The minimum absolute atomic E-state index is 0.290. The Morgan fingerprint density at radius 3 is 2.44 bits per heavy atom. The standard InChI is InChI=1S/C15H20O/c1-3-11(4-2)15(16)14-10-13(14)12-8-6-5-7-9-12/h5-9,11,13-14H,3-4,10H2,1-2H3. The summed E-state index contributed by atoms with van der Waals surface area (Å²) in [6, 6.07) is 10.4. The Kier molecular flexibility index (Phi) is 3.42.